The zero-order chi connectivity index (χ0) is 18.7. The number of hydrogen-bond donors (Lipinski definition) is 2. The first-order valence-corrected chi connectivity index (χ1v) is 9.17. The number of carbonyl (C=O) groups excluding carboxylic acids is 1. The Morgan fingerprint density at radius 3 is 2.42 bits per heavy atom. The SMILES string of the molecule is CC(Oc1ccccc1C(=O)c1ccc(N)c(N)c1)C(C)N1CCCC1. The third-order valence-corrected chi connectivity index (χ3v) is 5.19. The number of nitrogens with two attached hydrogens (primary N) is 2. The van der Waals surface area contributed by atoms with Crippen molar-refractivity contribution < 1.29 is 9.53 Å². The van der Waals surface area contributed by atoms with Crippen LogP contribution in [0.1, 0.15) is 42.6 Å². The van der Waals surface area contributed by atoms with Gasteiger partial charge in [-0.1, -0.05) is 12.1 Å². The number of anilines is 2. The maximum Gasteiger partial charge on any atom is 0.196 e. The monoisotopic (exact) mass is 353 g/mol. The van der Waals surface area contributed by atoms with Crippen molar-refractivity contribution in [2.24, 2.45) is 0 Å². The number of rotatable bonds is 6. The lowest BCUT2D eigenvalue weighted by Gasteiger charge is -2.30. The first kappa shape index (κ1) is 18.3. The lowest BCUT2D eigenvalue weighted by Crippen LogP contribution is -2.41. The number of ketones is 1. The quantitative estimate of drug-likeness (QED) is 0.615. The van der Waals surface area contributed by atoms with Crippen LogP contribution in [-0.4, -0.2) is 35.9 Å². The van der Waals surface area contributed by atoms with E-state index in [1.54, 1.807) is 24.3 Å². The second-order valence-electron chi connectivity index (χ2n) is 6.98. The molecule has 0 aliphatic carbocycles. The van der Waals surface area contributed by atoms with E-state index in [0.29, 0.717) is 34.3 Å². The van der Waals surface area contributed by atoms with Crippen molar-refractivity contribution >= 4 is 17.2 Å². The molecule has 1 heterocycles. The van der Waals surface area contributed by atoms with Crippen molar-refractivity contribution in [3.8, 4) is 5.75 Å². The molecule has 5 heteroatoms. The molecule has 0 aromatic heterocycles. The smallest absolute Gasteiger partial charge is 0.196 e. The number of nitrogens with zero attached hydrogens (tertiary/aromatic N) is 1. The van der Waals surface area contributed by atoms with Gasteiger partial charge >= 0.3 is 0 Å². The van der Waals surface area contributed by atoms with E-state index in [1.165, 1.54) is 12.8 Å². The molecule has 0 bridgehead atoms. The maximum atomic E-state index is 13.0. The summed E-state index contributed by atoms with van der Waals surface area (Å²) in [5, 5.41) is 0. The minimum Gasteiger partial charge on any atom is -0.488 e. The van der Waals surface area contributed by atoms with E-state index < -0.39 is 0 Å². The highest BCUT2D eigenvalue weighted by Crippen LogP contribution is 2.26. The molecule has 2 aromatic carbocycles. The van der Waals surface area contributed by atoms with Crippen LogP contribution in [0.5, 0.6) is 5.75 Å². The Morgan fingerprint density at radius 1 is 1.04 bits per heavy atom. The summed E-state index contributed by atoms with van der Waals surface area (Å²) in [6.45, 7) is 6.47. The molecular formula is C21H27N3O2. The third-order valence-electron chi connectivity index (χ3n) is 5.19. The van der Waals surface area contributed by atoms with Gasteiger partial charge in [-0.3, -0.25) is 9.69 Å². The lowest BCUT2D eigenvalue weighted by atomic mass is 10.0. The summed E-state index contributed by atoms with van der Waals surface area (Å²) in [5.74, 6) is 0.486. The molecule has 3 rings (SSSR count). The van der Waals surface area contributed by atoms with Crippen LogP contribution in [0, 0.1) is 0 Å². The van der Waals surface area contributed by atoms with E-state index >= 15 is 0 Å². The Labute approximate surface area is 154 Å². The molecule has 1 saturated heterocycles. The molecule has 1 aliphatic rings. The van der Waals surface area contributed by atoms with Crippen LogP contribution in [0.15, 0.2) is 42.5 Å². The first-order chi connectivity index (χ1) is 12.5. The number of benzene rings is 2. The lowest BCUT2D eigenvalue weighted by molar-refractivity contribution is 0.0970. The fourth-order valence-corrected chi connectivity index (χ4v) is 3.37. The molecule has 2 unspecified atom stereocenters. The van der Waals surface area contributed by atoms with E-state index in [-0.39, 0.29) is 11.9 Å². The summed E-state index contributed by atoms with van der Waals surface area (Å²) in [5.41, 5.74) is 13.5. The zero-order valence-electron chi connectivity index (χ0n) is 15.4. The van der Waals surface area contributed by atoms with Gasteiger partial charge in [0.1, 0.15) is 11.9 Å². The molecule has 5 nitrogen and oxygen atoms in total. The molecule has 138 valence electrons. The highest BCUT2D eigenvalue weighted by molar-refractivity contribution is 6.11. The average molecular weight is 353 g/mol. The van der Waals surface area contributed by atoms with E-state index in [0.717, 1.165) is 13.1 Å². The molecule has 0 saturated carbocycles. The minimum absolute atomic E-state index is 0.0152. The summed E-state index contributed by atoms with van der Waals surface area (Å²) in [6.07, 6.45) is 2.47. The first-order valence-electron chi connectivity index (χ1n) is 9.17. The maximum absolute atomic E-state index is 13.0. The van der Waals surface area contributed by atoms with Crippen molar-refractivity contribution in [2.75, 3.05) is 24.6 Å². The Kier molecular flexibility index (Phi) is 5.47. The van der Waals surface area contributed by atoms with Gasteiger partial charge in [0.2, 0.25) is 0 Å². The summed E-state index contributed by atoms with van der Waals surface area (Å²) in [4.78, 5) is 15.4. The van der Waals surface area contributed by atoms with Gasteiger partial charge in [0.05, 0.1) is 16.9 Å². The summed E-state index contributed by atoms with van der Waals surface area (Å²) >= 11 is 0. The second-order valence-corrected chi connectivity index (χ2v) is 6.98. The highest BCUT2D eigenvalue weighted by atomic mass is 16.5. The van der Waals surface area contributed by atoms with Gasteiger partial charge in [-0.15, -0.1) is 0 Å². The number of ether oxygens (including phenoxy) is 1. The Hall–Kier alpha value is -2.53. The molecule has 4 N–H and O–H groups in total. The van der Waals surface area contributed by atoms with Gasteiger partial charge in [-0.2, -0.15) is 0 Å². The summed E-state index contributed by atoms with van der Waals surface area (Å²) < 4.78 is 6.20. The highest BCUT2D eigenvalue weighted by Gasteiger charge is 2.25. The summed E-state index contributed by atoms with van der Waals surface area (Å²) in [7, 11) is 0. The molecule has 2 aromatic rings. The topological polar surface area (TPSA) is 81.6 Å². The molecule has 1 fully saturated rings. The predicted octanol–water partition coefficient (Wildman–Crippen LogP) is 3.33. The van der Waals surface area contributed by atoms with Gasteiger partial charge in [0, 0.05) is 11.6 Å². The second kappa shape index (κ2) is 7.79. The molecule has 26 heavy (non-hydrogen) atoms. The molecule has 0 radical (unpaired) electrons. The van der Waals surface area contributed by atoms with Crippen LogP contribution in [-0.2, 0) is 0 Å². The van der Waals surface area contributed by atoms with Crippen LogP contribution in [0.25, 0.3) is 0 Å². The number of hydrogen-bond acceptors (Lipinski definition) is 5. The average Bonchev–Trinajstić information content (AvgIpc) is 3.18. The van der Waals surface area contributed by atoms with Crippen molar-refractivity contribution in [2.45, 2.75) is 38.8 Å². The number of likely N-dealkylation sites (tertiary alicyclic amines) is 1. The molecule has 2 atom stereocenters. The van der Waals surface area contributed by atoms with Crippen molar-refractivity contribution in [3.05, 3.63) is 53.6 Å². The van der Waals surface area contributed by atoms with E-state index in [1.807, 2.05) is 18.2 Å². The van der Waals surface area contributed by atoms with Crippen molar-refractivity contribution in [3.63, 3.8) is 0 Å². The van der Waals surface area contributed by atoms with Gasteiger partial charge in [-0.05, 0) is 70.1 Å². The molecule has 0 amide bonds. The van der Waals surface area contributed by atoms with Gasteiger partial charge < -0.3 is 16.2 Å². The molecule has 1 aliphatic heterocycles. The summed E-state index contributed by atoms with van der Waals surface area (Å²) in [6, 6.07) is 12.6. The third kappa shape index (κ3) is 3.83. The fourth-order valence-electron chi connectivity index (χ4n) is 3.37. The Balaban J connectivity index is 1.81. The minimum atomic E-state index is -0.117. The van der Waals surface area contributed by atoms with Crippen LogP contribution in [0.4, 0.5) is 11.4 Å². The Bertz CT molecular complexity index is 785. The van der Waals surface area contributed by atoms with Crippen molar-refractivity contribution in [1.82, 2.24) is 4.90 Å². The predicted molar refractivity (Wildman–Crippen MR) is 106 cm³/mol. The van der Waals surface area contributed by atoms with Crippen molar-refractivity contribution in [1.29, 1.82) is 0 Å². The van der Waals surface area contributed by atoms with E-state index in [9.17, 15) is 4.79 Å². The van der Waals surface area contributed by atoms with Crippen LogP contribution in [0.2, 0.25) is 0 Å². The van der Waals surface area contributed by atoms with E-state index in [2.05, 4.69) is 18.7 Å². The Morgan fingerprint density at radius 2 is 1.73 bits per heavy atom. The number of para-hydroxylation sites is 1. The zero-order valence-corrected chi connectivity index (χ0v) is 15.4. The fraction of sp³-hybridized carbons (Fsp3) is 0.381. The normalized spacial score (nSPS) is 17.0. The molecule has 0 spiro atoms. The van der Waals surface area contributed by atoms with Gasteiger partial charge in [0.25, 0.3) is 0 Å². The van der Waals surface area contributed by atoms with Crippen LogP contribution in [0.3, 0.4) is 0 Å². The standard InChI is InChI=1S/C21H27N3O2/c1-14(24-11-5-6-12-24)15(2)26-20-8-4-3-7-17(20)21(25)16-9-10-18(22)19(23)13-16/h3-4,7-10,13-15H,5-6,11-12,22-23H2,1-2H3. The largest absolute Gasteiger partial charge is 0.488 e. The van der Waals surface area contributed by atoms with E-state index in [4.69, 9.17) is 16.2 Å². The number of nitrogen functional groups attached to an aromatic ring is 2. The molecular weight excluding hydrogens is 326 g/mol. The van der Waals surface area contributed by atoms with Gasteiger partial charge in [0.15, 0.2) is 5.78 Å². The van der Waals surface area contributed by atoms with Gasteiger partial charge in [-0.25, -0.2) is 0 Å². The number of carbonyl (C=O) groups is 1. The van der Waals surface area contributed by atoms with Crippen LogP contribution >= 0.6 is 0 Å². The van der Waals surface area contributed by atoms with Crippen LogP contribution < -0.4 is 16.2 Å².